The summed E-state index contributed by atoms with van der Waals surface area (Å²) in [7, 11) is -1.63. The summed E-state index contributed by atoms with van der Waals surface area (Å²) < 4.78 is 26.7. The summed E-state index contributed by atoms with van der Waals surface area (Å²) in [5.41, 5.74) is 2.09. The minimum Gasteiger partial charge on any atom is -0.334 e. The van der Waals surface area contributed by atoms with Gasteiger partial charge < -0.3 is 10.2 Å². The highest BCUT2D eigenvalue weighted by Crippen LogP contribution is 2.19. The Kier molecular flexibility index (Phi) is 8.58. The van der Waals surface area contributed by atoms with E-state index in [1.54, 1.807) is 17.0 Å². The van der Waals surface area contributed by atoms with Gasteiger partial charge in [0, 0.05) is 25.7 Å². The molecule has 2 rings (SSSR count). The second-order valence-corrected chi connectivity index (χ2v) is 9.42. The van der Waals surface area contributed by atoms with E-state index in [1.807, 2.05) is 82.5 Å². The average molecular weight is 433 g/mol. The second-order valence-electron chi connectivity index (χ2n) is 7.48. The molecule has 0 saturated carbocycles. The monoisotopic (exact) mass is 432 g/mol. The van der Waals surface area contributed by atoms with E-state index in [0.717, 1.165) is 11.1 Å². The maximum absolute atomic E-state index is 12.6. The molecule has 2 aromatic rings. The van der Waals surface area contributed by atoms with Crippen LogP contribution >= 0.6 is 0 Å². The highest BCUT2D eigenvalue weighted by Gasteiger charge is 2.23. The Bertz CT molecular complexity index is 910. The van der Waals surface area contributed by atoms with Crippen molar-refractivity contribution in [3.8, 4) is 0 Å². The quantitative estimate of drug-likeness (QED) is 0.627. The third-order valence-electron chi connectivity index (χ3n) is 5.65. The molecule has 30 heavy (non-hydrogen) atoms. The predicted molar refractivity (Wildman–Crippen MR) is 119 cm³/mol. The Hall–Kier alpha value is -2.22. The molecule has 0 aliphatic carbocycles. The standard InChI is InChI=1S/C23H33N3O3S/c1-6-26(7-2)30(28,29)22-15-13-20(14-16-22)18(3)24-17-23(27)25(5)19(4)21-11-9-8-10-12-21/h8-16,18-19,24H,6-7,17H2,1-5H3/p+1/t18-,19-/m0/s1. The molecule has 7 heteroatoms. The zero-order valence-electron chi connectivity index (χ0n) is 18.6. The molecule has 0 saturated heterocycles. The molecule has 0 radical (unpaired) electrons. The van der Waals surface area contributed by atoms with Crippen LogP contribution in [0.5, 0.6) is 0 Å². The summed E-state index contributed by atoms with van der Waals surface area (Å²) in [6.45, 7) is 8.92. The van der Waals surface area contributed by atoms with Crippen LogP contribution in [-0.2, 0) is 14.8 Å². The second kappa shape index (κ2) is 10.7. The van der Waals surface area contributed by atoms with Crippen molar-refractivity contribution in [2.45, 2.75) is 44.7 Å². The number of hydrogen-bond donors (Lipinski definition) is 1. The van der Waals surface area contributed by atoms with Gasteiger partial charge >= 0.3 is 0 Å². The van der Waals surface area contributed by atoms with Gasteiger partial charge in [0.1, 0.15) is 6.04 Å². The fourth-order valence-corrected chi connectivity index (χ4v) is 4.84. The number of benzene rings is 2. The molecule has 0 aliphatic rings. The summed E-state index contributed by atoms with van der Waals surface area (Å²) in [5, 5.41) is 1.98. The van der Waals surface area contributed by atoms with Crippen molar-refractivity contribution in [2.75, 3.05) is 26.7 Å². The van der Waals surface area contributed by atoms with E-state index in [2.05, 4.69) is 0 Å². The SMILES string of the molecule is CCN(CC)S(=O)(=O)c1ccc([C@H](C)[NH2+]CC(=O)N(C)[C@@H](C)c2ccccc2)cc1. The van der Waals surface area contributed by atoms with E-state index in [4.69, 9.17) is 0 Å². The largest absolute Gasteiger partial charge is 0.334 e. The lowest BCUT2D eigenvalue weighted by Crippen LogP contribution is -2.87. The molecule has 0 aliphatic heterocycles. The van der Waals surface area contributed by atoms with E-state index < -0.39 is 10.0 Å². The van der Waals surface area contributed by atoms with Gasteiger partial charge in [-0.25, -0.2) is 8.42 Å². The van der Waals surface area contributed by atoms with Crippen molar-refractivity contribution in [1.82, 2.24) is 9.21 Å². The van der Waals surface area contributed by atoms with Gasteiger partial charge in [0.05, 0.1) is 10.9 Å². The first-order chi connectivity index (χ1) is 14.2. The van der Waals surface area contributed by atoms with Crippen molar-refractivity contribution in [1.29, 1.82) is 0 Å². The van der Waals surface area contributed by atoms with Crippen LogP contribution in [0.15, 0.2) is 59.5 Å². The summed E-state index contributed by atoms with van der Waals surface area (Å²) in [6.07, 6.45) is 0. The lowest BCUT2D eigenvalue weighted by Gasteiger charge is -2.25. The minimum atomic E-state index is -3.45. The molecule has 0 unspecified atom stereocenters. The van der Waals surface area contributed by atoms with E-state index >= 15 is 0 Å². The molecule has 0 bridgehead atoms. The Morgan fingerprint density at radius 1 is 0.933 bits per heavy atom. The maximum Gasteiger partial charge on any atom is 0.277 e. The number of nitrogens with two attached hydrogens (primary N) is 1. The highest BCUT2D eigenvalue weighted by molar-refractivity contribution is 7.89. The molecule has 0 spiro atoms. The highest BCUT2D eigenvalue weighted by atomic mass is 32.2. The van der Waals surface area contributed by atoms with Gasteiger partial charge in [-0.2, -0.15) is 4.31 Å². The van der Waals surface area contributed by atoms with Gasteiger partial charge in [-0.1, -0.05) is 56.3 Å². The number of amides is 1. The molecule has 2 N–H and O–H groups in total. The van der Waals surface area contributed by atoms with Gasteiger partial charge in [0.25, 0.3) is 5.91 Å². The first-order valence-corrected chi connectivity index (χ1v) is 11.9. The fourth-order valence-electron chi connectivity index (χ4n) is 3.38. The van der Waals surface area contributed by atoms with Gasteiger partial charge in [-0.05, 0) is 31.5 Å². The molecule has 2 aromatic carbocycles. The van der Waals surface area contributed by atoms with E-state index in [1.165, 1.54) is 4.31 Å². The first kappa shape index (κ1) is 24.1. The molecule has 0 heterocycles. The summed E-state index contributed by atoms with van der Waals surface area (Å²) >= 11 is 0. The van der Waals surface area contributed by atoms with Crippen molar-refractivity contribution in [3.63, 3.8) is 0 Å². The number of quaternary nitrogens is 1. The van der Waals surface area contributed by atoms with Crippen LogP contribution in [0.3, 0.4) is 0 Å². The molecule has 0 fully saturated rings. The number of sulfonamides is 1. The molecule has 2 atom stereocenters. The average Bonchev–Trinajstić information content (AvgIpc) is 2.77. The third kappa shape index (κ3) is 5.68. The summed E-state index contributed by atoms with van der Waals surface area (Å²) in [4.78, 5) is 14.7. The summed E-state index contributed by atoms with van der Waals surface area (Å²) in [6, 6.07) is 17.0. The molecule has 164 valence electrons. The van der Waals surface area contributed by atoms with Crippen molar-refractivity contribution in [2.24, 2.45) is 0 Å². The van der Waals surface area contributed by atoms with Crippen LogP contribution in [0.1, 0.15) is 50.9 Å². The first-order valence-electron chi connectivity index (χ1n) is 10.5. The third-order valence-corrected chi connectivity index (χ3v) is 7.72. The molecular formula is C23H34N3O3S+. The van der Waals surface area contributed by atoms with E-state index in [9.17, 15) is 13.2 Å². The van der Waals surface area contributed by atoms with Gasteiger partial charge in [0.15, 0.2) is 6.54 Å². The van der Waals surface area contributed by atoms with Crippen molar-refractivity contribution >= 4 is 15.9 Å². The van der Waals surface area contributed by atoms with Gasteiger partial charge in [-0.3, -0.25) is 4.79 Å². The Balaban J connectivity index is 1.98. The zero-order valence-corrected chi connectivity index (χ0v) is 19.4. The van der Waals surface area contributed by atoms with Crippen LogP contribution in [-0.4, -0.2) is 50.2 Å². The summed E-state index contributed by atoms with van der Waals surface area (Å²) in [5.74, 6) is 0.0546. The number of carbonyl (C=O) groups excluding carboxylic acids is 1. The van der Waals surface area contributed by atoms with Crippen LogP contribution < -0.4 is 5.32 Å². The fraction of sp³-hybridized carbons (Fsp3) is 0.435. The molecule has 6 nitrogen and oxygen atoms in total. The van der Waals surface area contributed by atoms with Crippen molar-refractivity contribution in [3.05, 3.63) is 65.7 Å². The number of likely N-dealkylation sites (N-methyl/N-ethyl adjacent to an activating group) is 1. The van der Waals surface area contributed by atoms with Gasteiger partial charge in [-0.15, -0.1) is 0 Å². The van der Waals surface area contributed by atoms with Crippen LogP contribution in [0.4, 0.5) is 0 Å². The lowest BCUT2D eigenvalue weighted by molar-refractivity contribution is -0.683. The number of nitrogens with zero attached hydrogens (tertiary/aromatic N) is 2. The smallest absolute Gasteiger partial charge is 0.277 e. The normalized spacial score (nSPS) is 13.8. The number of carbonyl (C=O) groups is 1. The van der Waals surface area contributed by atoms with Crippen molar-refractivity contribution < 1.29 is 18.5 Å². The Morgan fingerprint density at radius 3 is 2.03 bits per heavy atom. The lowest BCUT2D eigenvalue weighted by atomic mass is 10.1. The Morgan fingerprint density at radius 2 is 1.50 bits per heavy atom. The van der Waals surface area contributed by atoms with E-state index in [-0.39, 0.29) is 18.0 Å². The van der Waals surface area contributed by atoms with Gasteiger partial charge in [0.2, 0.25) is 10.0 Å². The number of hydrogen-bond acceptors (Lipinski definition) is 3. The molecule has 0 aromatic heterocycles. The molecule has 1 amide bonds. The topological polar surface area (TPSA) is 74.3 Å². The maximum atomic E-state index is 12.6. The van der Waals surface area contributed by atoms with Crippen LogP contribution in [0, 0.1) is 0 Å². The minimum absolute atomic E-state index is 0.00646. The number of rotatable bonds is 10. The Labute approximate surface area is 180 Å². The van der Waals surface area contributed by atoms with Crippen LogP contribution in [0.2, 0.25) is 0 Å². The predicted octanol–water partition coefficient (Wildman–Crippen LogP) is 2.56. The molecular weight excluding hydrogens is 398 g/mol. The van der Waals surface area contributed by atoms with Crippen LogP contribution in [0.25, 0.3) is 0 Å². The zero-order chi connectivity index (χ0) is 22.3. The van der Waals surface area contributed by atoms with E-state index in [0.29, 0.717) is 24.5 Å².